The number of aryl methyl sites for hydroxylation is 1. The fourth-order valence-electron chi connectivity index (χ4n) is 7.80. The Labute approximate surface area is 275 Å². The van der Waals surface area contributed by atoms with E-state index >= 15 is 0 Å². The fourth-order valence-corrected chi connectivity index (χ4v) is 7.80. The van der Waals surface area contributed by atoms with E-state index in [9.17, 15) is 14.4 Å². The average Bonchev–Trinajstić information content (AvgIpc) is 3.52. The number of amides is 4. The smallest absolute Gasteiger partial charge is 0.410 e. The van der Waals surface area contributed by atoms with Gasteiger partial charge in [-0.1, -0.05) is 24.3 Å². The highest BCUT2D eigenvalue weighted by Crippen LogP contribution is 2.26. The minimum absolute atomic E-state index is 0.0340. The zero-order valence-electron chi connectivity index (χ0n) is 27.2. The summed E-state index contributed by atoms with van der Waals surface area (Å²) in [5.74, 6) is -0.135. The molecule has 0 spiro atoms. The van der Waals surface area contributed by atoms with Crippen molar-refractivity contribution in [2.75, 3.05) is 64.2 Å². The van der Waals surface area contributed by atoms with Gasteiger partial charge in [0.1, 0.15) is 0 Å². The van der Waals surface area contributed by atoms with Crippen LogP contribution in [0.15, 0.2) is 42.6 Å². The van der Waals surface area contributed by atoms with Crippen molar-refractivity contribution in [2.45, 2.75) is 63.6 Å². The molecule has 3 aromatic rings. The number of aromatic amines is 1. The summed E-state index contributed by atoms with van der Waals surface area (Å²) < 4.78 is 6.11. The number of ether oxygens (including phenoxy) is 1. The predicted molar refractivity (Wildman–Crippen MR) is 179 cm³/mol. The lowest BCUT2D eigenvalue weighted by molar-refractivity contribution is -0.143. The van der Waals surface area contributed by atoms with Crippen molar-refractivity contribution < 1.29 is 19.1 Å². The van der Waals surface area contributed by atoms with Crippen LogP contribution in [-0.2, 0) is 22.4 Å². The topological polar surface area (TPSA) is 126 Å². The second kappa shape index (κ2) is 13.9. The van der Waals surface area contributed by atoms with Gasteiger partial charge in [0.05, 0.1) is 11.7 Å². The number of benzene rings is 2. The molecule has 12 heteroatoms. The summed E-state index contributed by atoms with van der Waals surface area (Å²) in [6.07, 6.45) is 5.06. The number of fused-ring (bicyclic) bond motifs is 2. The Morgan fingerprint density at radius 3 is 2.49 bits per heavy atom. The Morgan fingerprint density at radius 2 is 1.70 bits per heavy atom. The minimum atomic E-state index is -0.927. The number of carbonyl (C=O) groups is 3. The molecule has 3 N–H and O–H groups in total. The number of nitrogens with zero attached hydrogens (tertiary/aromatic N) is 5. The third-order valence-electron chi connectivity index (χ3n) is 10.5. The van der Waals surface area contributed by atoms with Crippen molar-refractivity contribution in [1.29, 1.82) is 0 Å². The highest BCUT2D eigenvalue weighted by atomic mass is 16.6. The molecule has 1 atom stereocenters. The summed E-state index contributed by atoms with van der Waals surface area (Å²) in [6, 6.07) is 12.5. The normalized spacial score (nSPS) is 20.9. The van der Waals surface area contributed by atoms with E-state index in [1.807, 2.05) is 47.1 Å². The molecule has 12 nitrogen and oxygen atoms in total. The lowest BCUT2D eigenvalue weighted by atomic mass is 10.0. The van der Waals surface area contributed by atoms with Crippen LogP contribution in [0, 0.1) is 6.92 Å². The van der Waals surface area contributed by atoms with Gasteiger partial charge in [-0.2, -0.15) is 5.10 Å². The highest BCUT2D eigenvalue weighted by Gasteiger charge is 2.36. The second-order valence-electron chi connectivity index (χ2n) is 13.4. The zero-order chi connectivity index (χ0) is 32.3. The molecule has 0 radical (unpaired) electrons. The number of urea groups is 1. The van der Waals surface area contributed by atoms with E-state index in [-0.39, 0.29) is 18.0 Å². The molecule has 0 aliphatic carbocycles. The summed E-state index contributed by atoms with van der Waals surface area (Å²) in [4.78, 5) is 48.8. The second-order valence-corrected chi connectivity index (χ2v) is 13.4. The summed E-state index contributed by atoms with van der Waals surface area (Å²) in [6.45, 7) is 8.59. The third kappa shape index (κ3) is 6.94. The minimum Gasteiger partial charge on any atom is -0.436 e. The van der Waals surface area contributed by atoms with Crippen molar-refractivity contribution in [3.8, 4) is 0 Å². The molecular formula is C35H46N8O4. The van der Waals surface area contributed by atoms with Gasteiger partial charge in [0, 0.05) is 75.4 Å². The number of carbonyl (C=O) groups excluding carboxylic acids is 3. The first kappa shape index (κ1) is 31.4. The number of hydrogen-bond acceptors (Lipinski definition) is 7. The third-order valence-corrected chi connectivity index (χ3v) is 10.5. The van der Waals surface area contributed by atoms with E-state index in [0.717, 1.165) is 78.7 Å². The molecule has 0 saturated carbocycles. The number of H-pyrrole nitrogens is 1. The number of para-hydroxylation sites is 1. The summed E-state index contributed by atoms with van der Waals surface area (Å²) in [5, 5.41) is 14.7. The number of nitrogens with one attached hydrogen (secondary N) is 3. The van der Waals surface area contributed by atoms with Gasteiger partial charge in [-0.15, -0.1) is 0 Å². The average molecular weight is 643 g/mol. The molecule has 0 bridgehead atoms. The van der Waals surface area contributed by atoms with Gasteiger partial charge >= 0.3 is 12.1 Å². The summed E-state index contributed by atoms with van der Waals surface area (Å²) in [5.41, 5.74) is 4.93. The number of rotatable bonds is 6. The van der Waals surface area contributed by atoms with E-state index in [2.05, 4.69) is 31.8 Å². The number of piperazine rings is 1. The van der Waals surface area contributed by atoms with Gasteiger partial charge < -0.3 is 30.1 Å². The molecule has 250 valence electrons. The maximum Gasteiger partial charge on any atom is 0.410 e. The molecular weight excluding hydrogens is 596 g/mol. The molecule has 4 aliphatic rings. The maximum absolute atomic E-state index is 14.1. The molecule has 5 heterocycles. The van der Waals surface area contributed by atoms with E-state index in [0.29, 0.717) is 58.0 Å². The Balaban J connectivity index is 1.00. The Bertz CT molecular complexity index is 1590. The van der Waals surface area contributed by atoms with Crippen LogP contribution < -0.4 is 10.6 Å². The summed E-state index contributed by atoms with van der Waals surface area (Å²) >= 11 is 0. The fraction of sp³-hybridized carbons (Fsp3) is 0.543. The zero-order valence-corrected chi connectivity index (χ0v) is 27.2. The quantitative estimate of drug-likeness (QED) is 0.377. The van der Waals surface area contributed by atoms with E-state index in [4.69, 9.17) is 4.74 Å². The Kier molecular flexibility index (Phi) is 9.30. The van der Waals surface area contributed by atoms with E-state index < -0.39 is 12.2 Å². The monoisotopic (exact) mass is 642 g/mol. The van der Waals surface area contributed by atoms with Crippen LogP contribution in [0.3, 0.4) is 0 Å². The molecule has 3 saturated heterocycles. The van der Waals surface area contributed by atoms with Crippen molar-refractivity contribution >= 4 is 34.6 Å². The molecule has 47 heavy (non-hydrogen) atoms. The largest absolute Gasteiger partial charge is 0.436 e. The van der Waals surface area contributed by atoms with Crippen LogP contribution in [-0.4, -0.2) is 125 Å². The van der Waals surface area contributed by atoms with Gasteiger partial charge in [-0.25, -0.2) is 9.59 Å². The van der Waals surface area contributed by atoms with E-state index in [1.165, 1.54) is 0 Å². The number of piperidine rings is 2. The number of likely N-dealkylation sites (tertiary alicyclic amines) is 1. The first-order chi connectivity index (χ1) is 22.9. The Hall–Kier alpha value is -4.16. The number of hydrogen-bond donors (Lipinski definition) is 3. The molecule has 1 aromatic heterocycles. The summed E-state index contributed by atoms with van der Waals surface area (Å²) in [7, 11) is 0. The lowest BCUT2D eigenvalue weighted by Crippen LogP contribution is -2.56. The Morgan fingerprint density at radius 1 is 0.936 bits per heavy atom. The highest BCUT2D eigenvalue weighted by molar-refractivity contribution is 5.91. The van der Waals surface area contributed by atoms with Crippen LogP contribution in [0.25, 0.3) is 10.9 Å². The molecule has 4 amide bonds. The molecule has 0 unspecified atom stereocenters. The van der Waals surface area contributed by atoms with Gasteiger partial charge in [0.15, 0.2) is 6.10 Å². The molecule has 3 fully saturated rings. The predicted octanol–water partition coefficient (Wildman–Crippen LogP) is 3.37. The van der Waals surface area contributed by atoms with Crippen LogP contribution in [0.2, 0.25) is 0 Å². The number of aromatic nitrogens is 2. The van der Waals surface area contributed by atoms with E-state index in [1.54, 1.807) is 11.1 Å². The van der Waals surface area contributed by atoms with Crippen LogP contribution in [0.5, 0.6) is 0 Å². The van der Waals surface area contributed by atoms with Gasteiger partial charge in [0.25, 0.3) is 5.91 Å². The molecule has 7 rings (SSSR count). The first-order valence-corrected chi connectivity index (χ1v) is 17.2. The van der Waals surface area contributed by atoms with Crippen molar-refractivity contribution in [2.24, 2.45) is 0 Å². The van der Waals surface area contributed by atoms with Crippen LogP contribution >= 0.6 is 0 Å². The standard InChI is InChI=1S/C35H46N8O4/c1-24-20-25(21-27-23-37-39-32(24)27)22-31(33(44)41-18-16-40(17-19-41)28-6-11-36-12-7-28)47-35(46)42-13-9-29(10-14-42)43-15-8-26-4-2-3-5-30(26)38-34(43)45/h2-5,20-21,23,28-29,31,36H,6-19,22H2,1H3,(H,37,39)(H,38,45)/t31-/m1/s1. The molecule has 2 aromatic carbocycles. The first-order valence-electron chi connectivity index (χ1n) is 17.2. The van der Waals surface area contributed by atoms with Gasteiger partial charge in [-0.05, 0) is 80.9 Å². The SMILES string of the molecule is Cc1cc(C[C@@H](OC(=O)N2CCC(N3CCc4ccccc4NC3=O)CC2)C(=O)N2CCN(C3CCNCC3)CC2)cc2cn[nH]c12. The van der Waals surface area contributed by atoms with Crippen LogP contribution in [0.4, 0.5) is 15.3 Å². The van der Waals surface area contributed by atoms with Crippen molar-refractivity contribution in [3.05, 3.63) is 59.3 Å². The van der Waals surface area contributed by atoms with Crippen LogP contribution in [0.1, 0.15) is 42.4 Å². The van der Waals surface area contributed by atoms with Gasteiger partial charge in [0.2, 0.25) is 0 Å². The molecule has 4 aliphatic heterocycles. The maximum atomic E-state index is 14.1. The number of anilines is 1. The van der Waals surface area contributed by atoms with Crippen molar-refractivity contribution in [1.82, 2.24) is 35.1 Å². The lowest BCUT2D eigenvalue weighted by Gasteiger charge is -2.41. The van der Waals surface area contributed by atoms with Gasteiger partial charge in [-0.3, -0.25) is 14.8 Å². The van der Waals surface area contributed by atoms with Crippen molar-refractivity contribution in [3.63, 3.8) is 0 Å².